The quantitative estimate of drug-likeness (QED) is 0.799. The van der Waals surface area contributed by atoms with Crippen molar-refractivity contribution in [3.63, 3.8) is 0 Å². The van der Waals surface area contributed by atoms with Gasteiger partial charge < -0.3 is 14.8 Å². The minimum Gasteiger partial charge on any atom is -0.353 e. The number of carbonyl (C=O) groups excluding carboxylic acids is 2. The van der Waals surface area contributed by atoms with Gasteiger partial charge in [-0.1, -0.05) is 48.5 Å². The Bertz CT molecular complexity index is 931. The van der Waals surface area contributed by atoms with Crippen molar-refractivity contribution >= 4 is 22.7 Å². The number of benzene rings is 2. The van der Waals surface area contributed by atoms with Crippen LogP contribution in [-0.4, -0.2) is 40.9 Å². The van der Waals surface area contributed by atoms with E-state index in [1.807, 2.05) is 53.1 Å². The molecular formula is C20H19N3O2. The molecule has 0 bridgehead atoms. The highest BCUT2D eigenvalue weighted by atomic mass is 16.2. The van der Waals surface area contributed by atoms with E-state index in [-0.39, 0.29) is 18.4 Å². The highest BCUT2D eigenvalue weighted by Crippen LogP contribution is 2.22. The van der Waals surface area contributed by atoms with Crippen molar-refractivity contribution in [2.75, 3.05) is 19.6 Å². The second-order valence-electron chi connectivity index (χ2n) is 6.24. The van der Waals surface area contributed by atoms with Crippen molar-refractivity contribution in [3.05, 3.63) is 71.9 Å². The SMILES string of the molecule is O=C1CN(C(=O)c2cc3ccccc3n2Cc2ccccc2)CCN1. The van der Waals surface area contributed by atoms with Crippen LogP contribution >= 0.6 is 0 Å². The lowest BCUT2D eigenvalue weighted by Gasteiger charge is -2.27. The van der Waals surface area contributed by atoms with Crippen molar-refractivity contribution in [2.45, 2.75) is 6.54 Å². The molecule has 5 heteroatoms. The lowest BCUT2D eigenvalue weighted by molar-refractivity contribution is -0.123. The van der Waals surface area contributed by atoms with Crippen LogP contribution in [0.3, 0.4) is 0 Å². The van der Waals surface area contributed by atoms with Crippen molar-refractivity contribution in [3.8, 4) is 0 Å². The number of fused-ring (bicyclic) bond motifs is 1. The molecule has 0 unspecified atom stereocenters. The summed E-state index contributed by atoms with van der Waals surface area (Å²) in [7, 11) is 0. The first-order valence-corrected chi connectivity index (χ1v) is 8.40. The van der Waals surface area contributed by atoms with Gasteiger partial charge in [-0.15, -0.1) is 0 Å². The van der Waals surface area contributed by atoms with Crippen LogP contribution in [0.25, 0.3) is 10.9 Å². The summed E-state index contributed by atoms with van der Waals surface area (Å²) in [6.07, 6.45) is 0. The number of hydrogen-bond donors (Lipinski definition) is 1. The van der Waals surface area contributed by atoms with E-state index in [1.54, 1.807) is 4.90 Å². The second kappa shape index (κ2) is 6.43. The molecule has 0 saturated carbocycles. The summed E-state index contributed by atoms with van der Waals surface area (Å²) in [5.41, 5.74) is 2.78. The lowest BCUT2D eigenvalue weighted by atomic mass is 10.2. The molecule has 0 aliphatic carbocycles. The molecule has 4 rings (SSSR count). The molecule has 0 radical (unpaired) electrons. The van der Waals surface area contributed by atoms with Gasteiger partial charge in [0.25, 0.3) is 5.91 Å². The first-order valence-electron chi connectivity index (χ1n) is 8.40. The van der Waals surface area contributed by atoms with E-state index in [1.165, 1.54) is 0 Å². The number of piperazine rings is 1. The third kappa shape index (κ3) is 3.01. The average molecular weight is 333 g/mol. The zero-order valence-electron chi connectivity index (χ0n) is 13.8. The molecule has 126 valence electrons. The summed E-state index contributed by atoms with van der Waals surface area (Å²) in [5, 5.41) is 3.79. The van der Waals surface area contributed by atoms with Crippen molar-refractivity contribution in [1.82, 2.24) is 14.8 Å². The number of rotatable bonds is 3. The zero-order chi connectivity index (χ0) is 17.2. The van der Waals surface area contributed by atoms with Gasteiger partial charge in [-0.05, 0) is 17.7 Å². The van der Waals surface area contributed by atoms with Gasteiger partial charge in [0.1, 0.15) is 5.69 Å². The summed E-state index contributed by atoms with van der Waals surface area (Å²) in [4.78, 5) is 26.3. The lowest BCUT2D eigenvalue weighted by Crippen LogP contribution is -2.50. The van der Waals surface area contributed by atoms with Gasteiger partial charge in [0, 0.05) is 30.5 Å². The van der Waals surface area contributed by atoms with Crippen molar-refractivity contribution < 1.29 is 9.59 Å². The van der Waals surface area contributed by atoms with Crippen molar-refractivity contribution in [1.29, 1.82) is 0 Å². The van der Waals surface area contributed by atoms with Gasteiger partial charge in [-0.3, -0.25) is 9.59 Å². The standard InChI is InChI=1S/C20H19N3O2/c24-19-14-22(11-10-21-19)20(25)18-12-16-8-4-5-9-17(16)23(18)13-15-6-2-1-3-7-15/h1-9,12H,10-11,13-14H2,(H,21,24). The van der Waals surface area contributed by atoms with Crippen LogP contribution in [0.2, 0.25) is 0 Å². The molecule has 1 saturated heterocycles. The fourth-order valence-corrected chi connectivity index (χ4v) is 3.30. The Labute approximate surface area is 145 Å². The number of para-hydroxylation sites is 1. The van der Waals surface area contributed by atoms with E-state index < -0.39 is 0 Å². The molecule has 1 fully saturated rings. The smallest absolute Gasteiger partial charge is 0.271 e. The van der Waals surface area contributed by atoms with Crippen LogP contribution in [0.1, 0.15) is 16.1 Å². The Morgan fingerprint density at radius 2 is 1.80 bits per heavy atom. The van der Waals surface area contributed by atoms with Crippen molar-refractivity contribution in [2.24, 2.45) is 0 Å². The number of carbonyl (C=O) groups is 2. The monoisotopic (exact) mass is 333 g/mol. The number of hydrogen-bond acceptors (Lipinski definition) is 2. The van der Waals surface area contributed by atoms with Gasteiger partial charge in [-0.2, -0.15) is 0 Å². The van der Waals surface area contributed by atoms with E-state index in [0.717, 1.165) is 16.5 Å². The second-order valence-corrected chi connectivity index (χ2v) is 6.24. The first-order chi connectivity index (χ1) is 12.2. The van der Waals surface area contributed by atoms with E-state index in [4.69, 9.17) is 0 Å². The zero-order valence-corrected chi connectivity index (χ0v) is 13.8. The van der Waals surface area contributed by atoms with Gasteiger partial charge in [0.2, 0.25) is 5.91 Å². The molecule has 3 aromatic rings. The minimum atomic E-state index is -0.106. The molecule has 2 heterocycles. The number of nitrogens with one attached hydrogen (secondary N) is 1. The maximum atomic E-state index is 13.1. The molecule has 5 nitrogen and oxygen atoms in total. The third-order valence-electron chi connectivity index (χ3n) is 4.54. The molecule has 2 amide bonds. The van der Waals surface area contributed by atoms with Crippen LogP contribution in [0, 0.1) is 0 Å². The van der Waals surface area contributed by atoms with Crippen LogP contribution in [-0.2, 0) is 11.3 Å². The average Bonchev–Trinajstić information content (AvgIpc) is 3.01. The number of nitrogens with zero attached hydrogens (tertiary/aromatic N) is 2. The molecule has 1 N–H and O–H groups in total. The Morgan fingerprint density at radius 1 is 1.04 bits per heavy atom. The van der Waals surface area contributed by atoms with Gasteiger partial charge in [-0.25, -0.2) is 0 Å². The summed E-state index contributed by atoms with van der Waals surface area (Å²) in [6.45, 7) is 1.78. The fourth-order valence-electron chi connectivity index (χ4n) is 3.30. The minimum absolute atomic E-state index is 0.0954. The molecule has 0 spiro atoms. The van der Waals surface area contributed by atoms with E-state index in [9.17, 15) is 9.59 Å². The fraction of sp³-hybridized carbons (Fsp3) is 0.200. The van der Waals surface area contributed by atoms with E-state index >= 15 is 0 Å². The molecule has 1 aliphatic heterocycles. The molecule has 1 aliphatic rings. The normalized spacial score (nSPS) is 14.6. The van der Waals surface area contributed by atoms with Crippen LogP contribution in [0.15, 0.2) is 60.7 Å². The molecular weight excluding hydrogens is 314 g/mol. The molecule has 2 aromatic carbocycles. The Hall–Kier alpha value is -3.08. The molecule has 25 heavy (non-hydrogen) atoms. The highest BCUT2D eigenvalue weighted by Gasteiger charge is 2.25. The van der Waals surface area contributed by atoms with Gasteiger partial charge in [0.05, 0.1) is 6.54 Å². The summed E-state index contributed by atoms with van der Waals surface area (Å²) >= 11 is 0. The van der Waals surface area contributed by atoms with E-state index in [2.05, 4.69) is 17.4 Å². The number of aromatic nitrogens is 1. The maximum Gasteiger partial charge on any atom is 0.271 e. The number of amides is 2. The molecule has 1 aromatic heterocycles. The Morgan fingerprint density at radius 3 is 2.60 bits per heavy atom. The topological polar surface area (TPSA) is 54.3 Å². The van der Waals surface area contributed by atoms with Crippen LogP contribution in [0.5, 0.6) is 0 Å². The van der Waals surface area contributed by atoms with Gasteiger partial charge >= 0.3 is 0 Å². The summed E-state index contributed by atoms with van der Waals surface area (Å²) in [6, 6.07) is 20.0. The maximum absolute atomic E-state index is 13.1. The predicted molar refractivity (Wildman–Crippen MR) is 96.4 cm³/mol. The molecule has 0 atom stereocenters. The van der Waals surface area contributed by atoms with Crippen LogP contribution in [0.4, 0.5) is 0 Å². The van der Waals surface area contributed by atoms with E-state index in [0.29, 0.717) is 25.3 Å². The van der Waals surface area contributed by atoms with Gasteiger partial charge in [0.15, 0.2) is 0 Å². The third-order valence-corrected chi connectivity index (χ3v) is 4.54. The largest absolute Gasteiger partial charge is 0.353 e. The highest BCUT2D eigenvalue weighted by molar-refractivity contribution is 6.00. The predicted octanol–water partition coefficient (Wildman–Crippen LogP) is 2.26. The Kier molecular flexibility index (Phi) is 3.98. The Balaban J connectivity index is 1.76. The van der Waals surface area contributed by atoms with Crippen LogP contribution < -0.4 is 5.32 Å². The summed E-state index contributed by atoms with van der Waals surface area (Å²) < 4.78 is 2.04. The summed E-state index contributed by atoms with van der Waals surface area (Å²) in [5.74, 6) is -0.202. The first kappa shape index (κ1) is 15.4.